The Kier molecular flexibility index (Phi) is 3.77. The van der Waals surface area contributed by atoms with Gasteiger partial charge in [-0.3, -0.25) is 9.88 Å². The first-order valence-electron chi connectivity index (χ1n) is 9.10. The van der Waals surface area contributed by atoms with Gasteiger partial charge in [0.05, 0.1) is 18.0 Å². The number of rotatable bonds is 1. The average molecular weight is 386 g/mol. The predicted octanol–water partition coefficient (Wildman–Crippen LogP) is 2.32. The molecule has 1 aromatic heterocycles. The number of benzene rings is 1. The number of aromatic nitrogens is 2. The van der Waals surface area contributed by atoms with E-state index < -0.39 is 6.10 Å². The average Bonchev–Trinajstić information content (AvgIpc) is 2.61. The van der Waals surface area contributed by atoms with Gasteiger partial charge in [-0.25, -0.2) is 9.78 Å². The van der Waals surface area contributed by atoms with Crippen LogP contribution in [0.25, 0.3) is 0 Å². The van der Waals surface area contributed by atoms with Crippen LogP contribution in [0.4, 0.5) is 16.3 Å². The Morgan fingerprint density at radius 2 is 2.04 bits per heavy atom. The van der Waals surface area contributed by atoms with E-state index in [4.69, 9.17) is 11.6 Å². The molecule has 5 rings (SSSR count). The molecule has 8 heteroatoms. The van der Waals surface area contributed by atoms with Crippen LogP contribution in [0, 0.1) is 5.41 Å². The number of anilines is 2. The Hall–Kier alpha value is -2.38. The molecule has 4 heterocycles. The molecule has 27 heavy (non-hydrogen) atoms. The summed E-state index contributed by atoms with van der Waals surface area (Å²) in [6.45, 7) is 3.83. The Bertz CT molecular complexity index is 879. The van der Waals surface area contributed by atoms with Gasteiger partial charge in [0.25, 0.3) is 0 Å². The number of hydrogen-bond donors (Lipinski definition) is 1. The summed E-state index contributed by atoms with van der Waals surface area (Å²) < 4.78 is 0. The number of halogens is 1. The molecule has 3 aliphatic heterocycles. The van der Waals surface area contributed by atoms with Gasteiger partial charge >= 0.3 is 6.03 Å². The van der Waals surface area contributed by atoms with Crippen LogP contribution in [0.3, 0.4) is 0 Å². The fraction of sp³-hybridized carbons (Fsp3) is 0.421. The van der Waals surface area contributed by atoms with E-state index in [2.05, 4.69) is 14.9 Å². The van der Waals surface area contributed by atoms with Gasteiger partial charge < -0.3 is 14.9 Å². The van der Waals surface area contributed by atoms with Gasteiger partial charge in [0.1, 0.15) is 5.82 Å². The summed E-state index contributed by atoms with van der Waals surface area (Å²) in [6.07, 6.45) is 5.10. The first-order chi connectivity index (χ1) is 13.0. The van der Waals surface area contributed by atoms with Crippen LogP contribution in [-0.2, 0) is 0 Å². The number of hydrogen-bond acceptors (Lipinski definition) is 5. The standard InChI is InChI=1S/C19H20ClN5O2/c20-13-1-2-15-14(7-13)16(26)3-6-25(15)18(27)24-11-19(12-24)9-23(10-19)17-8-21-4-5-22-17/h1-2,4-5,7-8,16,26H,3,6,9-12H2. The Morgan fingerprint density at radius 3 is 2.78 bits per heavy atom. The molecular weight excluding hydrogens is 366 g/mol. The number of fused-ring (bicyclic) bond motifs is 1. The minimum absolute atomic E-state index is 0.00838. The van der Waals surface area contributed by atoms with Crippen molar-refractivity contribution in [3.63, 3.8) is 0 Å². The molecule has 0 saturated carbocycles. The second kappa shape index (κ2) is 6.07. The van der Waals surface area contributed by atoms with E-state index in [-0.39, 0.29) is 11.4 Å². The van der Waals surface area contributed by atoms with Crippen LogP contribution >= 0.6 is 11.6 Å². The highest BCUT2D eigenvalue weighted by Crippen LogP contribution is 2.43. The first-order valence-corrected chi connectivity index (χ1v) is 9.47. The van der Waals surface area contributed by atoms with E-state index in [1.165, 1.54) is 0 Å². The number of carbonyl (C=O) groups excluding carboxylic acids is 1. The molecule has 140 valence electrons. The van der Waals surface area contributed by atoms with Crippen molar-refractivity contribution in [3.8, 4) is 0 Å². The Labute approximate surface area is 162 Å². The largest absolute Gasteiger partial charge is 0.388 e. The molecule has 1 N–H and O–H groups in total. The van der Waals surface area contributed by atoms with Crippen molar-refractivity contribution >= 4 is 29.1 Å². The molecule has 7 nitrogen and oxygen atoms in total. The highest BCUT2D eigenvalue weighted by Gasteiger charge is 2.54. The van der Waals surface area contributed by atoms with Gasteiger partial charge in [0, 0.05) is 61.1 Å². The molecule has 2 fully saturated rings. The predicted molar refractivity (Wildman–Crippen MR) is 102 cm³/mol. The Morgan fingerprint density at radius 1 is 1.22 bits per heavy atom. The van der Waals surface area contributed by atoms with Crippen LogP contribution in [0.1, 0.15) is 18.1 Å². The number of aliphatic hydroxyl groups is 1. The second-order valence-electron chi connectivity index (χ2n) is 7.72. The van der Waals surface area contributed by atoms with Crippen molar-refractivity contribution in [1.82, 2.24) is 14.9 Å². The fourth-order valence-corrected chi connectivity index (χ4v) is 4.59. The third-order valence-corrected chi connectivity index (χ3v) is 5.98. The zero-order valence-electron chi connectivity index (χ0n) is 14.8. The van der Waals surface area contributed by atoms with Gasteiger partial charge in [-0.05, 0) is 24.6 Å². The zero-order chi connectivity index (χ0) is 18.6. The lowest BCUT2D eigenvalue weighted by Gasteiger charge is -2.60. The van der Waals surface area contributed by atoms with Gasteiger partial charge in [-0.2, -0.15) is 0 Å². The van der Waals surface area contributed by atoms with E-state index in [0.29, 0.717) is 18.0 Å². The summed E-state index contributed by atoms with van der Waals surface area (Å²) in [7, 11) is 0. The van der Waals surface area contributed by atoms with Crippen molar-refractivity contribution < 1.29 is 9.90 Å². The van der Waals surface area contributed by atoms with E-state index in [0.717, 1.165) is 43.2 Å². The maximum absolute atomic E-state index is 13.0. The molecule has 0 bridgehead atoms. The van der Waals surface area contributed by atoms with Gasteiger partial charge in [0.15, 0.2) is 0 Å². The summed E-state index contributed by atoms with van der Waals surface area (Å²) >= 11 is 6.06. The van der Waals surface area contributed by atoms with Crippen molar-refractivity contribution in [1.29, 1.82) is 0 Å². The maximum Gasteiger partial charge on any atom is 0.324 e. The van der Waals surface area contributed by atoms with Crippen LogP contribution < -0.4 is 9.80 Å². The lowest BCUT2D eigenvalue weighted by Crippen LogP contribution is -2.74. The topological polar surface area (TPSA) is 72.8 Å². The highest BCUT2D eigenvalue weighted by atomic mass is 35.5. The molecule has 2 aromatic rings. The molecule has 1 aromatic carbocycles. The number of aliphatic hydroxyl groups excluding tert-OH is 1. The van der Waals surface area contributed by atoms with Crippen molar-refractivity contribution in [2.45, 2.75) is 12.5 Å². The minimum atomic E-state index is -0.572. The molecule has 0 radical (unpaired) electrons. The number of amides is 2. The van der Waals surface area contributed by atoms with Crippen molar-refractivity contribution in [2.24, 2.45) is 5.41 Å². The van der Waals surface area contributed by atoms with Crippen LogP contribution in [0.15, 0.2) is 36.8 Å². The summed E-state index contributed by atoms with van der Waals surface area (Å²) in [5, 5.41) is 10.8. The molecule has 2 saturated heterocycles. The number of urea groups is 1. The third kappa shape index (κ3) is 2.73. The highest BCUT2D eigenvalue weighted by molar-refractivity contribution is 6.30. The van der Waals surface area contributed by atoms with Crippen LogP contribution in [0.5, 0.6) is 0 Å². The SMILES string of the molecule is O=C(N1CC2(C1)CN(c1cnccn1)C2)N1CCC(O)c2cc(Cl)ccc21. The van der Waals surface area contributed by atoms with Crippen LogP contribution in [0.2, 0.25) is 5.02 Å². The normalized spacial score (nSPS) is 22.9. The van der Waals surface area contributed by atoms with E-state index in [1.807, 2.05) is 11.0 Å². The number of carbonyl (C=O) groups is 1. The smallest absolute Gasteiger partial charge is 0.324 e. The molecule has 3 aliphatic rings. The number of likely N-dealkylation sites (tertiary alicyclic amines) is 1. The van der Waals surface area contributed by atoms with Gasteiger partial charge in [-0.1, -0.05) is 11.6 Å². The van der Waals surface area contributed by atoms with Gasteiger partial charge in [0.2, 0.25) is 0 Å². The summed E-state index contributed by atoms with van der Waals surface area (Å²) in [5.41, 5.74) is 1.67. The summed E-state index contributed by atoms with van der Waals surface area (Å²) in [5.74, 6) is 0.892. The molecule has 1 spiro atoms. The molecule has 0 aliphatic carbocycles. The Balaban J connectivity index is 1.25. The van der Waals surface area contributed by atoms with Crippen molar-refractivity contribution in [2.75, 3.05) is 42.5 Å². The number of nitrogens with zero attached hydrogens (tertiary/aromatic N) is 5. The lowest BCUT2D eigenvalue weighted by molar-refractivity contribution is 0.00920. The maximum atomic E-state index is 13.0. The van der Waals surface area contributed by atoms with Crippen molar-refractivity contribution in [3.05, 3.63) is 47.4 Å². The third-order valence-electron chi connectivity index (χ3n) is 5.75. The summed E-state index contributed by atoms with van der Waals surface area (Å²) in [6, 6.07) is 5.35. The zero-order valence-corrected chi connectivity index (χ0v) is 15.5. The molecule has 2 amide bonds. The molecular formula is C19H20ClN5O2. The second-order valence-corrected chi connectivity index (χ2v) is 8.15. The monoisotopic (exact) mass is 385 g/mol. The first kappa shape index (κ1) is 16.8. The minimum Gasteiger partial charge on any atom is -0.388 e. The quantitative estimate of drug-likeness (QED) is 0.815. The summed E-state index contributed by atoms with van der Waals surface area (Å²) in [4.78, 5) is 27.3. The van der Waals surface area contributed by atoms with Gasteiger partial charge in [-0.15, -0.1) is 0 Å². The lowest BCUT2D eigenvalue weighted by atomic mass is 9.73. The van der Waals surface area contributed by atoms with E-state index >= 15 is 0 Å². The molecule has 1 atom stereocenters. The fourth-order valence-electron chi connectivity index (χ4n) is 4.41. The van der Waals surface area contributed by atoms with E-state index in [9.17, 15) is 9.90 Å². The van der Waals surface area contributed by atoms with E-state index in [1.54, 1.807) is 35.6 Å². The molecule has 1 unspecified atom stereocenters. The van der Waals surface area contributed by atoms with Crippen LogP contribution in [-0.4, -0.2) is 58.7 Å².